The number of aromatic nitrogens is 1. The third-order valence-electron chi connectivity index (χ3n) is 4.81. The SMILES string of the molecule is CCOc1ccc(N(C(=O)c2csc(C)n2)C2CCN(CC(F)(F)F)CC2)cc1. The molecule has 3 rings (SSSR count). The number of hydrogen-bond acceptors (Lipinski definition) is 5. The number of anilines is 1. The number of benzene rings is 1. The summed E-state index contributed by atoms with van der Waals surface area (Å²) in [5, 5.41) is 2.51. The fourth-order valence-corrected chi connectivity index (χ4v) is 4.12. The zero-order chi connectivity index (χ0) is 21.0. The third kappa shape index (κ3) is 5.70. The number of carbonyl (C=O) groups excluding carboxylic acids is 1. The molecule has 0 atom stereocenters. The predicted molar refractivity (Wildman–Crippen MR) is 107 cm³/mol. The highest BCUT2D eigenvalue weighted by molar-refractivity contribution is 7.09. The van der Waals surface area contributed by atoms with Gasteiger partial charge in [0, 0.05) is 30.2 Å². The number of aryl methyl sites for hydroxylation is 1. The first-order chi connectivity index (χ1) is 13.8. The second-order valence-electron chi connectivity index (χ2n) is 6.98. The quantitative estimate of drug-likeness (QED) is 0.680. The third-order valence-corrected chi connectivity index (χ3v) is 5.58. The average molecular weight is 427 g/mol. The van der Waals surface area contributed by atoms with Crippen LogP contribution in [0, 0.1) is 6.92 Å². The monoisotopic (exact) mass is 427 g/mol. The van der Waals surface area contributed by atoms with Gasteiger partial charge in [0.1, 0.15) is 11.4 Å². The first-order valence-corrected chi connectivity index (χ1v) is 10.4. The molecule has 1 aromatic carbocycles. The minimum Gasteiger partial charge on any atom is -0.494 e. The Morgan fingerprint density at radius 2 is 1.93 bits per heavy atom. The van der Waals surface area contributed by atoms with Crippen molar-refractivity contribution in [1.29, 1.82) is 0 Å². The van der Waals surface area contributed by atoms with Crippen LogP contribution in [-0.4, -0.2) is 54.3 Å². The predicted octanol–water partition coefficient (Wildman–Crippen LogP) is 4.52. The lowest BCUT2D eigenvalue weighted by atomic mass is 10.0. The number of rotatable bonds is 6. The number of piperidine rings is 1. The minimum absolute atomic E-state index is 0.188. The summed E-state index contributed by atoms with van der Waals surface area (Å²) in [4.78, 5) is 20.6. The van der Waals surface area contributed by atoms with Gasteiger partial charge in [-0.15, -0.1) is 11.3 Å². The molecular formula is C20H24F3N3O2S. The van der Waals surface area contributed by atoms with Gasteiger partial charge in [-0.2, -0.15) is 13.2 Å². The molecule has 2 aromatic rings. The Bertz CT molecular complexity index is 815. The van der Waals surface area contributed by atoms with E-state index < -0.39 is 12.7 Å². The van der Waals surface area contributed by atoms with E-state index in [2.05, 4.69) is 4.98 Å². The lowest BCUT2D eigenvalue weighted by Gasteiger charge is -2.38. The van der Waals surface area contributed by atoms with Crippen LogP contribution in [0.1, 0.15) is 35.3 Å². The molecule has 0 unspecified atom stereocenters. The Labute approximate surface area is 172 Å². The van der Waals surface area contributed by atoms with Gasteiger partial charge in [0.05, 0.1) is 18.2 Å². The number of nitrogens with zero attached hydrogens (tertiary/aromatic N) is 3. The molecule has 1 fully saturated rings. The summed E-state index contributed by atoms with van der Waals surface area (Å²) in [5.41, 5.74) is 1.05. The Balaban J connectivity index is 1.81. The van der Waals surface area contributed by atoms with Gasteiger partial charge in [-0.1, -0.05) is 0 Å². The minimum atomic E-state index is -4.21. The Morgan fingerprint density at radius 1 is 1.28 bits per heavy atom. The van der Waals surface area contributed by atoms with Crippen LogP contribution < -0.4 is 9.64 Å². The second-order valence-corrected chi connectivity index (χ2v) is 8.04. The van der Waals surface area contributed by atoms with Gasteiger partial charge in [-0.3, -0.25) is 9.69 Å². The maximum absolute atomic E-state index is 13.2. The van der Waals surface area contributed by atoms with Crippen molar-refractivity contribution in [3.8, 4) is 5.75 Å². The number of alkyl halides is 3. The number of ether oxygens (including phenoxy) is 1. The van der Waals surface area contributed by atoms with Crippen LogP contribution in [0.3, 0.4) is 0 Å². The van der Waals surface area contributed by atoms with Crippen molar-refractivity contribution in [2.45, 2.75) is 38.9 Å². The summed E-state index contributed by atoms with van der Waals surface area (Å²) in [6.07, 6.45) is -3.27. The number of hydrogen-bond donors (Lipinski definition) is 0. The maximum atomic E-state index is 13.2. The summed E-state index contributed by atoms with van der Waals surface area (Å²) >= 11 is 1.40. The molecule has 1 amide bonds. The maximum Gasteiger partial charge on any atom is 0.401 e. The topological polar surface area (TPSA) is 45.7 Å². The first kappa shape index (κ1) is 21.6. The molecule has 0 bridgehead atoms. The van der Waals surface area contributed by atoms with E-state index in [1.165, 1.54) is 16.2 Å². The van der Waals surface area contributed by atoms with Gasteiger partial charge in [-0.05, 0) is 51.0 Å². The van der Waals surface area contributed by atoms with Crippen LogP contribution in [0.15, 0.2) is 29.6 Å². The molecular weight excluding hydrogens is 403 g/mol. The number of thiazole rings is 1. The molecule has 0 N–H and O–H groups in total. The summed E-state index contributed by atoms with van der Waals surface area (Å²) in [6, 6.07) is 7.02. The van der Waals surface area contributed by atoms with Gasteiger partial charge in [0.25, 0.3) is 5.91 Å². The Morgan fingerprint density at radius 3 is 2.45 bits per heavy atom. The molecule has 1 aliphatic rings. The summed E-state index contributed by atoms with van der Waals surface area (Å²) in [6.45, 7) is 3.93. The highest BCUT2D eigenvalue weighted by Crippen LogP contribution is 2.29. The van der Waals surface area contributed by atoms with Crippen LogP contribution in [-0.2, 0) is 0 Å². The van der Waals surface area contributed by atoms with E-state index >= 15 is 0 Å². The lowest BCUT2D eigenvalue weighted by Crippen LogP contribution is -2.49. The number of halogens is 3. The molecule has 29 heavy (non-hydrogen) atoms. The number of amides is 1. The fourth-order valence-electron chi connectivity index (χ4n) is 3.54. The summed E-state index contributed by atoms with van der Waals surface area (Å²) in [5.74, 6) is 0.473. The Kier molecular flexibility index (Phi) is 6.79. The highest BCUT2D eigenvalue weighted by Gasteiger charge is 2.35. The van der Waals surface area contributed by atoms with Crippen molar-refractivity contribution < 1.29 is 22.7 Å². The zero-order valence-corrected chi connectivity index (χ0v) is 17.2. The summed E-state index contributed by atoms with van der Waals surface area (Å²) in [7, 11) is 0. The van der Waals surface area contributed by atoms with Gasteiger partial charge in [-0.25, -0.2) is 4.98 Å². The van der Waals surface area contributed by atoms with Crippen molar-refractivity contribution in [1.82, 2.24) is 9.88 Å². The molecule has 1 saturated heterocycles. The molecule has 0 saturated carbocycles. The lowest BCUT2D eigenvalue weighted by molar-refractivity contribution is -0.147. The molecule has 0 radical (unpaired) electrons. The van der Waals surface area contributed by atoms with Crippen molar-refractivity contribution >= 4 is 22.9 Å². The van der Waals surface area contributed by atoms with E-state index in [-0.39, 0.29) is 11.9 Å². The smallest absolute Gasteiger partial charge is 0.401 e. The second kappa shape index (κ2) is 9.13. The van der Waals surface area contributed by atoms with Gasteiger partial charge in [0.15, 0.2) is 0 Å². The molecule has 1 aliphatic heterocycles. The van der Waals surface area contributed by atoms with Gasteiger partial charge in [0.2, 0.25) is 0 Å². The average Bonchev–Trinajstić information content (AvgIpc) is 3.10. The van der Waals surface area contributed by atoms with Crippen LogP contribution in [0.25, 0.3) is 0 Å². The van der Waals surface area contributed by atoms with Gasteiger partial charge >= 0.3 is 6.18 Å². The molecule has 5 nitrogen and oxygen atoms in total. The van der Waals surface area contributed by atoms with Crippen LogP contribution in [0.5, 0.6) is 5.75 Å². The van der Waals surface area contributed by atoms with Crippen molar-refractivity contribution in [3.63, 3.8) is 0 Å². The van der Waals surface area contributed by atoms with Crippen molar-refractivity contribution in [2.24, 2.45) is 0 Å². The highest BCUT2D eigenvalue weighted by atomic mass is 32.1. The van der Waals surface area contributed by atoms with Crippen LogP contribution in [0.2, 0.25) is 0 Å². The normalized spacial score (nSPS) is 16.0. The van der Waals surface area contributed by atoms with E-state index in [4.69, 9.17) is 4.74 Å². The first-order valence-electron chi connectivity index (χ1n) is 9.54. The number of likely N-dealkylation sites (tertiary alicyclic amines) is 1. The fraction of sp³-hybridized carbons (Fsp3) is 0.500. The van der Waals surface area contributed by atoms with E-state index in [1.807, 2.05) is 26.0 Å². The zero-order valence-electron chi connectivity index (χ0n) is 16.4. The van der Waals surface area contributed by atoms with Crippen LogP contribution in [0.4, 0.5) is 18.9 Å². The Hall–Kier alpha value is -2.13. The molecule has 1 aromatic heterocycles. The van der Waals surface area contributed by atoms with Crippen LogP contribution >= 0.6 is 11.3 Å². The van der Waals surface area contributed by atoms with E-state index in [0.717, 1.165) is 5.01 Å². The standard InChI is InChI=1S/C20H24F3N3O2S/c1-3-28-17-6-4-15(5-7-17)26(19(27)18-12-29-14(2)24-18)16-8-10-25(11-9-16)13-20(21,22)23/h4-7,12,16H,3,8-11,13H2,1-2H3. The molecule has 0 spiro atoms. The van der Waals surface area contributed by atoms with E-state index in [9.17, 15) is 18.0 Å². The summed E-state index contributed by atoms with van der Waals surface area (Å²) < 4.78 is 43.5. The molecule has 0 aliphatic carbocycles. The van der Waals surface area contributed by atoms with E-state index in [1.54, 1.807) is 22.4 Å². The molecule has 2 heterocycles. The van der Waals surface area contributed by atoms with Crippen molar-refractivity contribution in [2.75, 3.05) is 31.1 Å². The van der Waals surface area contributed by atoms with Crippen molar-refractivity contribution in [3.05, 3.63) is 40.3 Å². The molecule has 9 heteroatoms. The van der Waals surface area contributed by atoms with Gasteiger partial charge < -0.3 is 9.64 Å². The number of carbonyl (C=O) groups is 1. The molecule has 158 valence electrons. The largest absolute Gasteiger partial charge is 0.494 e. The van der Waals surface area contributed by atoms with E-state index in [0.29, 0.717) is 49.7 Å².